The van der Waals surface area contributed by atoms with Gasteiger partial charge in [0.15, 0.2) is 0 Å². The van der Waals surface area contributed by atoms with Crippen LogP contribution in [0.3, 0.4) is 0 Å². The largest absolute Gasteiger partial charge is 0.0839 e. The van der Waals surface area contributed by atoms with Crippen LogP contribution in [0.2, 0.25) is 0 Å². The first-order chi connectivity index (χ1) is 10.2. The summed E-state index contributed by atoms with van der Waals surface area (Å²) in [6.45, 7) is 14.0. The number of hydrogen-bond acceptors (Lipinski definition) is 0. The Balaban J connectivity index is 2.52. The summed E-state index contributed by atoms with van der Waals surface area (Å²) < 4.78 is 0. The summed E-state index contributed by atoms with van der Waals surface area (Å²) in [5.74, 6) is 0. The molecule has 2 atom stereocenters. The highest BCUT2D eigenvalue weighted by atomic mass is 79.9. The molecule has 2 aromatic carbocycles. The van der Waals surface area contributed by atoms with Gasteiger partial charge >= 0.3 is 0 Å². The van der Waals surface area contributed by atoms with E-state index in [0.717, 1.165) is 12.8 Å². The Hall–Kier alpha value is -0.820. The second-order valence-electron chi connectivity index (χ2n) is 7.63. The fourth-order valence-corrected chi connectivity index (χ4v) is 3.49. The Kier molecular flexibility index (Phi) is 5.06. The molecule has 0 aliphatic heterocycles. The second-order valence-corrected chi connectivity index (χ2v) is 8.74. The van der Waals surface area contributed by atoms with Crippen LogP contribution in [0.5, 0.6) is 0 Å². The van der Waals surface area contributed by atoms with Crippen LogP contribution in [0.25, 0.3) is 10.8 Å². The molecule has 1 heteroatoms. The van der Waals surface area contributed by atoms with E-state index in [2.05, 4.69) is 93.9 Å². The van der Waals surface area contributed by atoms with Gasteiger partial charge in [0.25, 0.3) is 0 Å². The molecule has 0 spiro atoms. The van der Waals surface area contributed by atoms with E-state index in [1.54, 1.807) is 0 Å². The first kappa shape index (κ1) is 17.5. The van der Waals surface area contributed by atoms with Crippen molar-refractivity contribution in [2.24, 2.45) is 5.41 Å². The molecule has 0 saturated heterocycles. The van der Waals surface area contributed by atoms with E-state index >= 15 is 0 Å². The lowest BCUT2D eigenvalue weighted by molar-refractivity contribution is 0.196. The van der Waals surface area contributed by atoms with Crippen LogP contribution < -0.4 is 0 Å². The van der Waals surface area contributed by atoms with Gasteiger partial charge in [-0.25, -0.2) is 0 Å². The minimum absolute atomic E-state index is 0.196. The number of benzene rings is 2. The fraction of sp³-hybridized carbons (Fsp3) is 0.524. The van der Waals surface area contributed by atoms with Gasteiger partial charge in [-0.3, -0.25) is 0 Å². The van der Waals surface area contributed by atoms with Crippen molar-refractivity contribution in [2.75, 3.05) is 0 Å². The summed E-state index contributed by atoms with van der Waals surface area (Å²) in [5, 5.41) is 2.69. The van der Waals surface area contributed by atoms with Gasteiger partial charge in [0, 0.05) is 4.83 Å². The van der Waals surface area contributed by atoms with Crippen molar-refractivity contribution >= 4 is 26.7 Å². The zero-order chi connectivity index (χ0) is 16.5. The monoisotopic (exact) mass is 360 g/mol. The van der Waals surface area contributed by atoms with E-state index < -0.39 is 0 Å². The first-order valence-corrected chi connectivity index (χ1v) is 9.32. The molecule has 120 valence electrons. The van der Waals surface area contributed by atoms with Gasteiger partial charge in [-0.1, -0.05) is 93.9 Å². The normalized spacial score (nSPS) is 16.5. The maximum absolute atomic E-state index is 3.75. The van der Waals surface area contributed by atoms with Crippen LogP contribution in [0, 0.1) is 5.41 Å². The minimum atomic E-state index is 0.196. The van der Waals surface area contributed by atoms with E-state index in [-0.39, 0.29) is 10.8 Å². The van der Waals surface area contributed by atoms with E-state index in [1.165, 1.54) is 21.9 Å². The van der Waals surface area contributed by atoms with Crippen molar-refractivity contribution in [3.8, 4) is 0 Å². The van der Waals surface area contributed by atoms with Crippen molar-refractivity contribution < 1.29 is 0 Å². The number of hydrogen-bond donors (Lipinski definition) is 0. The van der Waals surface area contributed by atoms with Gasteiger partial charge in [-0.05, 0) is 45.6 Å². The molecule has 0 aromatic heterocycles. The molecule has 0 N–H and O–H groups in total. The SMILES string of the molecule is CCC(Br)c1ccc2cc(C(C)(CC)C(C)(C)C)ccc2c1. The van der Waals surface area contributed by atoms with Crippen LogP contribution >= 0.6 is 15.9 Å². The molecule has 0 heterocycles. The highest BCUT2D eigenvalue weighted by Gasteiger charge is 2.37. The summed E-state index contributed by atoms with van der Waals surface area (Å²) in [6, 6.07) is 13.9. The summed E-state index contributed by atoms with van der Waals surface area (Å²) in [6.07, 6.45) is 2.26. The maximum Gasteiger partial charge on any atom is 0.0392 e. The molecule has 0 fully saturated rings. The van der Waals surface area contributed by atoms with Crippen LogP contribution in [-0.4, -0.2) is 0 Å². The van der Waals surface area contributed by atoms with Crippen molar-refractivity contribution in [1.29, 1.82) is 0 Å². The lowest BCUT2D eigenvalue weighted by Crippen LogP contribution is -2.36. The van der Waals surface area contributed by atoms with Gasteiger partial charge < -0.3 is 0 Å². The average molecular weight is 361 g/mol. The fourth-order valence-electron chi connectivity index (χ4n) is 3.21. The van der Waals surface area contributed by atoms with Gasteiger partial charge in [0.1, 0.15) is 0 Å². The quantitative estimate of drug-likeness (QED) is 0.498. The third-order valence-electron chi connectivity index (χ3n) is 5.58. The number of halogens is 1. The molecule has 2 aromatic rings. The van der Waals surface area contributed by atoms with Gasteiger partial charge in [0.2, 0.25) is 0 Å². The van der Waals surface area contributed by atoms with Crippen molar-refractivity contribution in [1.82, 2.24) is 0 Å². The lowest BCUT2D eigenvalue weighted by Gasteiger charge is -2.42. The molecular weight excluding hydrogens is 332 g/mol. The first-order valence-electron chi connectivity index (χ1n) is 8.41. The topological polar surface area (TPSA) is 0 Å². The lowest BCUT2D eigenvalue weighted by atomic mass is 9.62. The molecule has 0 nitrogen and oxygen atoms in total. The molecule has 22 heavy (non-hydrogen) atoms. The Morgan fingerprint density at radius 2 is 1.50 bits per heavy atom. The number of fused-ring (bicyclic) bond motifs is 1. The Morgan fingerprint density at radius 1 is 0.909 bits per heavy atom. The van der Waals surface area contributed by atoms with Crippen LogP contribution in [0.15, 0.2) is 36.4 Å². The van der Waals surface area contributed by atoms with E-state index in [0.29, 0.717) is 4.83 Å². The maximum atomic E-state index is 3.75. The predicted molar refractivity (Wildman–Crippen MR) is 103 cm³/mol. The molecule has 0 bridgehead atoms. The van der Waals surface area contributed by atoms with Crippen molar-refractivity contribution in [2.45, 2.75) is 64.6 Å². The standard InChI is InChI=1S/C21H29Br/c1-7-19(22)17-10-9-16-14-18(12-11-15(16)13-17)21(6,8-2)20(3,4)5/h9-14,19H,7-8H2,1-6H3. The van der Waals surface area contributed by atoms with E-state index in [4.69, 9.17) is 0 Å². The van der Waals surface area contributed by atoms with E-state index in [1.807, 2.05) is 0 Å². The van der Waals surface area contributed by atoms with Crippen molar-refractivity contribution in [3.05, 3.63) is 47.5 Å². The van der Waals surface area contributed by atoms with Crippen LogP contribution in [-0.2, 0) is 5.41 Å². The summed E-state index contributed by atoms with van der Waals surface area (Å²) in [4.78, 5) is 0.451. The number of rotatable bonds is 4. The molecular formula is C21H29Br. The summed E-state index contributed by atoms with van der Waals surface area (Å²) in [5.41, 5.74) is 3.27. The molecule has 2 rings (SSSR count). The molecule has 2 unspecified atom stereocenters. The Morgan fingerprint density at radius 3 is 2.05 bits per heavy atom. The van der Waals surface area contributed by atoms with E-state index in [9.17, 15) is 0 Å². The van der Waals surface area contributed by atoms with Crippen molar-refractivity contribution in [3.63, 3.8) is 0 Å². The highest BCUT2D eigenvalue weighted by Crippen LogP contribution is 2.44. The predicted octanol–water partition coefficient (Wildman–Crippen LogP) is 7.40. The minimum Gasteiger partial charge on any atom is -0.0839 e. The molecule has 0 amide bonds. The van der Waals surface area contributed by atoms with Gasteiger partial charge in [-0.15, -0.1) is 0 Å². The molecule has 0 aliphatic rings. The molecule has 0 saturated carbocycles. The highest BCUT2D eigenvalue weighted by molar-refractivity contribution is 9.09. The summed E-state index contributed by atoms with van der Waals surface area (Å²) in [7, 11) is 0. The third-order valence-corrected chi connectivity index (χ3v) is 6.76. The second kappa shape index (κ2) is 6.35. The van der Waals surface area contributed by atoms with Crippen LogP contribution in [0.1, 0.15) is 70.3 Å². The van der Waals surface area contributed by atoms with Crippen LogP contribution in [0.4, 0.5) is 0 Å². The third kappa shape index (κ3) is 3.11. The Bertz CT molecular complexity index is 650. The number of alkyl halides is 1. The molecule has 0 aliphatic carbocycles. The average Bonchev–Trinajstić information content (AvgIpc) is 2.51. The zero-order valence-corrected chi connectivity index (χ0v) is 16.4. The smallest absolute Gasteiger partial charge is 0.0392 e. The summed E-state index contributed by atoms with van der Waals surface area (Å²) >= 11 is 3.75. The Labute approximate surface area is 144 Å². The zero-order valence-electron chi connectivity index (χ0n) is 14.8. The molecule has 0 radical (unpaired) electrons. The van der Waals surface area contributed by atoms with Gasteiger partial charge in [-0.2, -0.15) is 0 Å². The van der Waals surface area contributed by atoms with Gasteiger partial charge in [0.05, 0.1) is 0 Å².